The number of halogens is 1. The monoisotopic (exact) mass is 387 g/mol. The molecular weight excluding hydrogens is 366 g/mol. The molecule has 5 heteroatoms. The lowest BCUT2D eigenvalue weighted by molar-refractivity contribution is 0.245. The van der Waals surface area contributed by atoms with Crippen molar-refractivity contribution in [3.05, 3.63) is 52.6 Å². The SMILES string of the molecule is COc1ccc(CN2CCC3CN(c4ccccn4)CC32)cc1Br. The molecule has 1 aromatic heterocycles. The maximum absolute atomic E-state index is 5.33. The second-order valence-corrected chi connectivity index (χ2v) is 7.50. The van der Waals surface area contributed by atoms with Gasteiger partial charge in [0, 0.05) is 31.9 Å². The highest BCUT2D eigenvalue weighted by atomic mass is 79.9. The Morgan fingerprint density at radius 2 is 2.17 bits per heavy atom. The van der Waals surface area contributed by atoms with Crippen molar-refractivity contribution in [2.45, 2.75) is 19.0 Å². The third-order valence-corrected chi connectivity index (χ3v) is 5.86. The van der Waals surface area contributed by atoms with Gasteiger partial charge in [0.25, 0.3) is 0 Å². The van der Waals surface area contributed by atoms with Gasteiger partial charge in [0.2, 0.25) is 0 Å². The summed E-state index contributed by atoms with van der Waals surface area (Å²) >= 11 is 3.59. The van der Waals surface area contributed by atoms with Crippen LogP contribution in [0.15, 0.2) is 47.1 Å². The number of methoxy groups -OCH3 is 1. The Hall–Kier alpha value is -1.59. The van der Waals surface area contributed by atoms with Gasteiger partial charge in [-0.1, -0.05) is 12.1 Å². The molecule has 0 spiro atoms. The number of likely N-dealkylation sites (tertiary alicyclic amines) is 1. The second kappa shape index (κ2) is 6.73. The Kier molecular flexibility index (Phi) is 4.46. The first kappa shape index (κ1) is 15.9. The Balaban J connectivity index is 1.45. The maximum atomic E-state index is 5.33. The van der Waals surface area contributed by atoms with Gasteiger partial charge < -0.3 is 9.64 Å². The number of anilines is 1. The van der Waals surface area contributed by atoms with Crippen LogP contribution in [0.1, 0.15) is 12.0 Å². The van der Waals surface area contributed by atoms with Crippen molar-refractivity contribution in [1.29, 1.82) is 0 Å². The quantitative estimate of drug-likeness (QED) is 0.801. The molecular formula is C19H22BrN3O. The van der Waals surface area contributed by atoms with Gasteiger partial charge in [-0.25, -0.2) is 4.98 Å². The summed E-state index contributed by atoms with van der Waals surface area (Å²) in [5.74, 6) is 2.76. The number of aromatic nitrogens is 1. The normalized spacial score (nSPS) is 23.5. The zero-order valence-electron chi connectivity index (χ0n) is 13.9. The highest BCUT2D eigenvalue weighted by molar-refractivity contribution is 9.10. The number of rotatable bonds is 4. The molecule has 0 aliphatic carbocycles. The molecule has 2 aromatic rings. The molecule has 2 aliphatic heterocycles. The summed E-state index contributed by atoms with van der Waals surface area (Å²) in [6.45, 7) is 4.40. The van der Waals surface area contributed by atoms with Gasteiger partial charge in [0.15, 0.2) is 0 Å². The molecule has 4 nitrogen and oxygen atoms in total. The molecule has 0 radical (unpaired) electrons. The van der Waals surface area contributed by atoms with Gasteiger partial charge in [0.05, 0.1) is 11.6 Å². The standard InChI is InChI=1S/C19H22BrN3O/c1-24-18-6-5-14(10-16(18)20)11-22-9-7-15-12-23(13-17(15)22)19-4-2-3-8-21-19/h2-6,8,10,15,17H,7,9,11-13H2,1H3. The molecule has 3 heterocycles. The topological polar surface area (TPSA) is 28.6 Å². The minimum Gasteiger partial charge on any atom is -0.496 e. The number of benzene rings is 1. The van der Waals surface area contributed by atoms with E-state index in [1.54, 1.807) is 7.11 Å². The number of hydrogen-bond acceptors (Lipinski definition) is 4. The van der Waals surface area contributed by atoms with E-state index in [2.05, 4.69) is 55.0 Å². The highest BCUT2D eigenvalue weighted by Gasteiger charge is 2.41. The average molecular weight is 388 g/mol. The van der Waals surface area contributed by atoms with E-state index in [1.807, 2.05) is 18.3 Å². The van der Waals surface area contributed by atoms with Gasteiger partial charge in [-0.3, -0.25) is 4.90 Å². The fraction of sp³-hybridized carbons (Fsp3) is 0.421. The lowest BCUT2D eigenvalue weighted by Gasteiger charge is -2.25. The molecule has 2 aliphatic rings. The second-order valence-electron chi connectivity index (χ2n) is 6.65. The predicted molar refractivity (Wildman–Crippen MR) is 99.4 cm³/mol. The third kappa shape index (κ3) is 3.03. The van der Waals surface area contributed by atoms with E-state index in [4.69, 9.17) is 4.74 Å². The van der Waals surface area contributed by atoms with Gasteiger partial charge in [-0.2, -0.15) is 0 Å². The van der Waals surface area contributed by atoms with Crippen LogP contribution in [0.5, 0.6) is 5.75 Å². The van der Waals surface area contributed by atoms with Crippen molar-refractivity contribution in [2.75, 3.05) is 31.6 Å². The molecule has 126 valence electrons. The van der Waals surface area contributed by atoms with Crippen molar-refractivity contribution < 1.29 is 4.74 Å². The van der Waals surface area contributed by atoms with E-state index < -0.39 is 0 Å². The van der Waals surface area contributed by atoms with Crippen molar-refractivity contribution >= 4 is 21.7 Å². The molecule has 4 rings (SSSR count). The average Bonchev–Trinajstić information content (AvgIpc) is 3.18. The summed E-state index contributed by atoms with van der Waals surface area (Å²) in [6.07, 6.45) is 3.17. The summed E-state index contributed by atoms with van der Waals surface area (Å²) in [6, 6.07) is 13.2. The fourth-order valence-electron chi connectivity index (χ4n) is 4.02. The third-order valence-electron chi connectivity index (χ3n) is 5.24. The van der Waals surface area contributed by atoms with Crippen molar-refractivity contribution in [1.82, 2.24) is 9.88 Å². The summed E-state index contributed by atoms with van der Waals surface area (Å²) in [4.78, 5) is 9.58. The summed E-state index contributed by atoms with van der Waals surface area (Å²) in [5, 5.41) is 0. The minimum absolute atomic E-state index is 0.632. The molecule has 2 fully saturated rings. The molecule has 24 heavy (non-hydrogen) atoms. The largest absolute Gasteiger partial charge is 0.496 e. The van der Waals surface area contributed by atoms with E-state index in [1.165, 1.54) is 18.5 Å². The first-order valence-electron chi connectivity index (χ1n) is 8.47. The van der Waals surface area contributed by atoms with Crippen molar-refractivity contribution in [3.63, 3.8) is 0 Å². The van der Waals surface area contributed by atoms with Gasteiger partial charge in [0.1, 0.15) is 11.6 Å². The predicted octanol–water partition coefficient (Wildman–Crippen LogP) is 3.56. The first-order chi connectivity index (χ1) is 11.7. The fourth-order valence-corrected chi connectivity index (χ4v) is 4.60. The van der Waals surface area contributed by atoms with E-state index in [-0.39, 0.29) is 0 Å². The summed E-state index contributed by atoms with van der Waals surface area (Å²) in [7, 11) is 1.70. The van der Waals surface area contributed by atoms with Crippen LogP contribution in [0.25, 0.3) is 0 Å². The molecule has 0 saturated carbocycles. The van der Waals surface area contributed by atoms with E-state index in [0.29, 0.717) is 6.04 Å². The number of nitrogens with zero attached hydrogens (tertiary/aromatic N) is 3. The molecule has 2 saturated heterocycles. The van der Waals surface area contributed by atoms with Gasteiger partial charge in [-0.05, 0) is 64.6 Å². The zero-order valence-corrected chi connectivity index (χ0v) is 15.4. The summed E-state index contributed by atoms with van der Waals surface area (Å²) in [5.41, 5.74) is 1.33. The Bertz CT molecular complexity index is 709. The van der Waals surface area contributed by atoms with Gasteiger partial charge in [-0.15, -0.1) is 0 Å². The Labute approximate surface area is 151 Å². The molecule has 1 aromatic carbocycles. The van der Waals surface area contributed by atoms with Crippen LogP contribution in [0.3, 0.4) is 0 Å². The number of fused-ring (bicyclic) bond motifs is 1. The van der Waals surface area contributed by atoms with Crippen LogP contribution < -0.4 is 9.64 Å². The highest BCUT2D eigenvalue weighted by Crippen LogP contribution is 2.35. The lowest BCUT2D eigenvalue weighted by atomic mass is 10.0. The molecule has 2 unspecified atom stereocenters. The van der Waals surface area contributed by atoms with E-state index in [0.717, 1.165) is 41.6 Å². The van der Waals surface area contributed by atoms with E-state index in [9.17, 15) is 0 Å². The molecule has 0 amide bonds. The molecule has 0 bridgehead atoms. The Morgan fingerprint density at radius 3 is 2.92 bits per heavy atom. The zero-order chi connectivity index (χ0) is 16.5. The van der Waals surface area contributed by atoms with E-state index >= 15 is 0 Å². The van der Waals surface area contributed by atoms with Crippen molar-refractivity contribution in [3.8, 4) is 5.75 Å². The lowest BCUT2D eigenvalue weighted by Crippen LogP contribution is -2.34. The number of ether oxygens (including phenoxy) is 1. The number of hydrogen-bond donors (Lipinski definition) is 0. The number of pyridine rings is 1. The van der Waals surface area contributed by atoms with Crippen LogP contribution >= 0.6 is 15.9 Å². The van der Waals surface area contributed by atoms with Gasteiger partial charge >= 0.3 is 0 Å². The summed E-state index contributed by atoms with van der Waals surface area (Å²) < 4.78 is 6.36. The van der Waals surface area contributed by atoms with Crippen LogP contribution in [0, 0.1) is 5.92 Å². The van der Waals surface area contributed by atoms with Crippen LogP contribution in [0.4, 0.5) is 5.82 Å². The molecule has 2 atom stereocenters. The minimum atomic E-state index is 0.632. The van der Waals surface area contributed by atoms with Crippen LogP contribution in [-0.2, 0) is 6.54 Å². The Morgan fingerprint density at radius 1 is 1.25 bits per heavy atom. The van der Waals surface area contributed by atoms with Crippen molar-refractivity contribution in [2.24, 2.45) is 5.92 Å². The maximum Gasteiger partial charge on any atom is 0.133 e. The smallest absolute Gasteiger partial charge is 0.133 e. The molecule has 0 N–H and O–H groups in total. The van der Waals surface area contributed by atoms with Crippen LogP contribution in [0.2, 0.25) is 0 Å². The van der Waals surface area contributed by atoms with Crippen LogP contribution in [-0.4, -0.2) is 42.7 Å². The first-order valence-corrected chi connectivity index (χ1v) is 9.26.